The first-order valence-electron chi connectivity index (χ1n) is 12.8. The first kappa shape index (κ1) is 21.2. The molecule has 0 saturated carbocycles. The summed E-state index contributed by atoms with van der Waals surface area (Å²) in [7, 11) is 0. The predicted octanol–water partition coefficient (Wildman–Crippen LogP) is 7.42. The summed E-state index contributed by atoms with van der Waals surface area (Å²) in [6.45, 7) is 0. The SMILES string of the molecule is C1=CC2=CC(n3c4ccccc4c4nc5c6ncccc6n(C6C=C7C=CC=CC7S6)c5nc43)SC2C=C1. The Kier molecular flexibility index (Phi) is 4.37. The molecule has 0 amide bonds. The smallest absolute Gasteiger partial charge is 0.165 e. The zero-order valence-electron chi connectivity index (χ0n) is 20.2. The van der Waals surface area contributed by atoms with Crippen LogP contribution in [0, 0.1) is 0 Å². The van der Waals surface area contributed by atoms with Crippen LogP contribution in [0.4, 0.5) is 0 Å². The largest absolute Gasteiger partial charge is 0.308 e. The number of rotatable bonds is 2. The van der Waals surface area contributed by atoms with Gasteiger partial charge in [-0.25, -0.2) is 9.97 Å². The maximum atomic E-state index is 5.44. The Hall–Kier alpha value is -3.81. The first-order valence-corrected chi connectivity index (χ1v) is 14.7. The van der Waals surface area contributed by atoms with E-state index < -0.39 is 0 Å². The number of fused-ring (bicyclic) bond motifs is 8. The van der Waals surface area contributed by atoms with Crippen LogP contribution in [0.25, 0.3) is 44.3 Å². The van der Waals surface area contributed by atoms with E-state index in [1.54, 1.807) is 0 Å². The molecule has 4 aliphatic rings. The van der Waals surface area contributed by atoms with Gasteiger partial charge in [-0.15, -0.1) is 23.5 Å². The van der Waals surface area contributed by atoms with Crippen LogP contribution in [0.5, 0.6) is 0 Å². The summed E-state index contributed by atoms with van der Waals surface area (Å²) < 4.78 is 4.73. The van der Waals surface area contributed by atoms with E-state index >= 15 is 0 Å². The van der Waals surface area contributed by atoms with Gasteiger partial charge >= 0.3 is 0 Å². The van der Waals surface area contributed by atoms with Crippen LogP contribution >= 0.6 is 23.5 Å². The number of benzene rings is 1. The lowest BCUT2D eigenvalue weighted by Gasteiger charge is -2.16. The molecule has 7 heteroatoms. The van der Waals surface area contributed by atoms with Crippen LogP contribution in [-0.2, 0) is 0 Å². The fourth-order valence-corrected chi connectivity index (χ4v) is 8.83. The van der Waals surface area contributed by atoms with Crippen LogP contribution in [0.1, 0.15) is 10.7 Å². The quantitative estimate of drug-likeness (QED) is 0.239. The van der Waals surface area contributed by atoms with E-state index in [0.717, 1.165) is 38.7 Å². The summed E-state index contributed by atoms with van der Waals surface area (Å²) in [6.07, 6.45) is 24.1. The van der Waals surface area contributed by atoms with Crippen molar-refractivity contribution in [3.05, 3.63) is 115 Å². The highest BCUT2D eigenvalue weighted by molar-refractivity contribution is 8.01. The molecule has 4 unspecified atom stereocenters. The van der Waals surface area contributed by atoms with Crippen molar-refractivity contribution in [3.8, 4) is 0 Å². The molecule has 0 fully saturated rings. The molecule has 4 atom stereocenters. The number of para-hydroxylation sites is 1. The van der Waals surface area contributed by atoms with Gasteiger partial charge in [0.15, 0.2) is 11.3 Å². The normalized spacial score (nSPS) is 25.6. The van der Waals surface area contributed by atoms with E-state index in [2.05, 4.69) is 100 Å². The van der Waals surface area contributed by atoms with Crippen LogP contribution in [0.3, 0.4) is 0 Å². The minimum atomic E-state index is 0.122. The second kappa shape index (κ2) is 7.85. The highest BCUT2D eigenvalue weighted by atomic mass is 32.2. The van der Waals surface area contributed by atoms with Gasteiger partial charge in [-0.05, 0) is 41.5 Å². The Labute approximate surface area is 227 Å². The molecule has 182 valence electrons. The van der Waals surface area contributed by atoms with E-state index in [4.69, 9.17) is 15.0 Å². The second-order valence-electron chi connectivity index (χ2n) is 9.91. The molecule has 1 aromatic carbocycles. The highest BCUT2D eigenvalue weighted by Crippen LogP contribution is 2.48. The average Bonchev–Trinajstić information content (AvgIpc) is 3.71. The number of allylic oxidation sites excluding steroid dienone is 6. The first-order chi connectivity index (χ1) is 18.8. The molecule has 2 aliphatic carbocycles. The molecular weight excluding hydrogens is 507 g/mol. The maximum Gasteiger partial charge on any atom is 0.165 e. The lowest BCUT2D eigenvalue weighted by Crippen LogP contribution is -2.06. The van der Waals surface area contributed by atoms with Gasteiger partial charge in [0.2, 0.25) is 0 Å². The summed E-state index contributed by atoms with van der Waals surface area (Å²) in [5, 5.41) is 2.14. The molecule has 0 spiro atoms. The van der Waals surface area contributed by atoms with E-state index in [-0.39, 0.29) is 10.7 Å². The molecule has 38 heavy (non-hydrogen) atoms. The van der Waals surface area contributed by atoms with Crippen molar-refractivity contribution in [1.29, 1.82) is 0 Å². The second-order valence-corrected chi connectivity index (χ2v) is 12.4. The highest BCUT2D eigenvalue weighted by Gasteiger charge is 2.32. The third-order valence-corrected chi connectivity index (χ3v) is 10.5. The minimum absolute atomic E-state index is 0.122. The summed E-state index contributed by atoms with van der Waals surface area (Å²) in [4.78, 5) is 15.6. The fraction of sp³-hybridized carbons (Fsp3) is 0.129. The Morgan fingerprint density at radius 3 is 2.03 bits per heavy atom. The third-order valence-electron chi connectivity index (χ3n) is 7.78. The number of nitrogens with zero attached hydrogens (tertiary/aromatic N) is 5. The summed E-state index contributed by atoms with van der Waals surface area (Å²) in [5.41, 5.74) is 9.49. The number of pyridine rings is 1. The molecule has 0 radical (unpaired) electrons. The summed E-state index contributed by atoms with van der Waals surface area (Å²) >= 11 is 3.89. The number of aromatic nitrogens is 5. The van der Waals surface area contributed by atoms with Crippen molar-refractivity contribution >= 4 is 67.8 Å². The molecular formula is C31H21N5S2. The summed E-state index contributed by atoms with van der Waals surface area (Å²) in [6, 6.07) is 12.7. The molecule has 6 heterocycles. The van der Waals surface area contributed by atoms with Crippen molar-refractivity contribution in [2.75, 3.05) is 0 Å². The van der Waals surface area contributed by atoms with Crippen LogP contribution in [-0.4, -0.2) is 34.6 Å². The standard InChI is InChI=1S/C31H21N5S2/c1-5-13-23-18(8-1)16-25(37-23)35-21-11-4-3-10-20(21)27-30(35)34-31-29(33-27)28-22(12-7-15-32-28)36(31)26-17-19-9-2-6-14-24(19)38-26/h1-17,23-26H. The van der Waals surface area contributed by atoms with E-state index in [9.17, 15) is 0 Å². The van der Waals surface area contributed by atoms with E-state index in [1.165, 1.54) is 16.7 Å². The molecule has 5 aromatic rings. The lowest BCUT2D eigenvalue weighted by molar-refractivity contribution is 0.846. The monoisotopic (exact) mass is 527 g/mol. The number of hydrogen-bond donors (Lipinski definition) is 0. The Morgan fingerprint density at radius 1 is 0.632 bits per heavy atom. The molecule has 2 aliphatic heterocycles. The van der Waals surface area contributed by atoms with Gasteiger partial charge in [0.05, 0.1) is 21.5 Å². The van der Waals surface area contributed by atoms with Crippen LogP contribution in [0.15, 0.2) is 115 Å². The van der Waals surface area contributed by atoms with Crippen molar-refractivity contribution in [3.63, 3.8) is 0 Å². The van der Waals surface area contributed by atoms with Crippen molar-refractivity contribution in [1.82, 2.24) is 24.1 Å². The van der Waals surface area contributed by atoms with Gasteiger partial charge in [-0.1, -0.05) is 66.8 Å². The maximum absolute atomic E-state index is 5.44. The van der Waals surface area contributed by atoms with Gasteiger partial charge in [0, 0.05) is 11.6 Å². The zero-order chi connectivity index (χ0) is 24.8. The lowest BCUT2D eigenvalue weighted by atomic mass is 10.1. The molecule has 0 saturated heterocycles. The Bertz CT molecular complexity index is 1880. The van der Waals surface area contributed by atoms with Gasteiger partial charge in [0.1, 0.15) is 27.3 Å². The van der Waals surface area contributed by atoms with Crippen molar-refractivity contribution in [2.45, 2.75) is 21.2 Å². The zero-order valence-corrected chi connectivity index (χ0v) is 21.8. The Morgan fingerprint density at radius 2 is 1.29 bits per heavy atom. The fourth-order valence-electron chi connectivity index (χ4n) is 6.10. The molecule has 5 nitrogen and oxygen atoms in total. The third kappa shape index (κ3) is 2.88. The van der Waals surface area contributed by atoms with Gasteiger partial charge in [-0.2, -0.15) is 0 Å². The number of thioether (sulfide) groups is 2. The minimum Gasteiger partial charge on any atom is -0.308 e. The van der Waals surface area contributed by atoms with Gasteiger partial charge in [0.25, 0.3) is 0 Å². The molecule has 9 rings (SSSR count). The molecule has 0 N–H and O–H groups in total. The van der Waals surface area contributed by atoms with Crippen LogP contribution in [0.2, 0.25) is 0 Å². The van der Waals surface area contributed by atoms with Crippen molar-refractivity contribution in [2.24, 2.45) is 0 Å². The Balaban J connectivity index is 1.34. The van der Waals surface area contributed by atoms with E-state index in [1.807, 2.05) is 35.8 Å². The van der Waals surface area contributed by atoms with Gasteiger partial charge in [-0.3, -0.25) is 4.98 Å². The number of hydrogen-bond acceptors (Lipinski definition) is 5. The predicted molar refractivity (Wildman–Crippen MR) is 159 cm³/mol. The van der Waals surface area contributed by atoms with Crippen molar-refractivity contribution < 1.29 is 0 Å². The molecule has 4 aromatic heterocycles. The van der Waals surface area contributed by atoms with E-state index in [0.29, 0.717) is 10.5 Å². The topological polar surface area (TPSA) is 48.5 Å². The van der Waals surface area contributed by atoms with Crippen LogP contribution < -0.4 is 0 Å². The van der Waals surface area contributed by atoms with Gasteiger partial charge < -0.3 is 9.13 Å². The average molecular weight is 528 g/mol. The molecule has 0 bridgehead atoms. The summed E-state index contributed by atoms with van der Waals surface area (Å²) in [5.74, 6) is 0.